The van der Waals surface area contributed by atoms with Crippen molar-refractivity contribution in [3.8, 4) is 5.75 Å². The van der Waals surface area contributed by atoms with Crippen molar-refractivity contribution in [3.63, 3.8) is 0 Å². The summed E-state index contributed by atoms with van der Waals surface area (Å²) in [5.41, 5.74) is 5.19. The van der Waals surface area contributed by atoms with Crippen molar-refractivity contribution in [2.75, 3.05) is 13.2 Å². The molecular weight excluding hydrogens is 329 g/mol. The summed E-state index contributed by atoms with van der Waals surface area (Å²) in [6.07, 6.45) is 4.64. The molecular formula is C15H21ClFNO3S. The lowest BCUT2D eigenvalue weighted by Crippen LogP contribution is -2.17. The van der Waals surface area contributed by atoms with Crippen LogP contribution in [0.1, 0.15) is 25.7 Å². The van der Waals surface area contributed by atoms with Crippen LogP contribution in [0, 0.1) is 0 Å². The molecule has 0 spiro atoms. The normalized spacial score (nSPS) is 16.4. The van der Waals surface area contributed by atoms with Gasteiger partial charge in [0.05, 0.1) is 10.1 Å². The van der Waals surface area contributed by atoms with Crippen molar-refractivity contribution in [2.45, 2.75) is 35.8 Å². The third-order valence-corrected chi connectivity index (χ3v) is 5.89. The van der Waals surface area contributed by atoms with Gasteiger partial charge in [0.25, 0.3) is 0 Å². The maximum absolute atomic E-state index is 13.1. The largest absolute Gasteiger partial charge is 0.487 e. The van der Waals surface area contributed by atoms with Gasteiger partial charge in [0.15, 0.2) is 9.84 Å². The zero-order chi connectivity index (χ0) is 15.3. The van der Waals surface area contributed by atoms with E-state index < -0.39 is 15.7 Å². The van der Waals surface area contributed by atoms with Crippen LogP contribution in [-0.2, 0) is 9.84 Å². The third kappa shape index (κ3) is 4.69. The SMILES string of the molecule is Cl.NCC=C(F)COc1ccc(S(=O)(=O)C2CCCC2)cc1. The smallest absolute Gasteiger partial charge is 0.181 e. The first-order chi connectivity index (χ1) is 10.0. The summed E-state index contributed by atoms with van der Waals surface area (Å²) in [7, 11) is -3.25. The predicted octanol–water partition coefficient (Wildman–Crippen LogP) is 3.02. The molecule has 4 nitrogen and oxygen atoms in total. The van der Waals surface area contributed by atoms with E-state index in [4.69, 9.17) is 10.5 Å². The van der Waals surface area contributed by atoms with Crippen LogP contribution in [-0.4, -0.2) is 26.8 Å². The summed E-state index contributed by atoms with van der Waals surface area (Å²) in [5.74, 6) is -0.0129. The summed E-state index contributed by atoms with van der Waals surface area (Å²) < 4.78 is 43.1. The first-order valence-electron chi connectivity index (χ1n) is 7.05. The summed E-state index contributed by atoms with van der Waals surface area (Å²) >= 11 is 0. The molecule has 1 aromatic rings. The molecule has 7 heteroatoms. The highest BCUT2D eigenvalue weighted by Gasteiger charge is 2.30. The van der Waals surface area contributed by atoms with E-state index in [1.807, 2.05) is 0 Å². The molecule has 22 heavy (non-hydrogen) atoms. The van der Waals surface area contributed by atoms with Gasteiger partial charge in [-0.15, -0.1) is 12.4 Å². The van der Waals surface area contributed by atoms with E-state index in [2.05, 4.69) is 0 Å². The second kappa shape index (κ2) is 8.50. The number of halogens is 2. The molecule has 0 radical (unpaired) electrons. The fraction of sp³-hybridized carbons (Fsp3) is 0.467. The molecule has 2 N–H and O–H groups in total. The van der Waals surface area contributed by atoms with Gasteiger partial charge in [-0.05, 0) is 43.2 Å². The molecule has 0 saturated heterocycles. The van der Waals surface area contributed by atoms with Crippen molar-refractivity contribution in [2.24, 2.45) is 5.73 Å². The molecule has 1 saturated carbocycles. The second-order valence-electron chi connectivity index (χ2n) is 5.10. The predicted molar refractivity (Wildman–Crippen MR) is 86.9 cm³/mol. The average molecular weight is 350 g/mol. The molecule has 0 aromatic heterocycles. The van der Waals surface area contributed by atoms with Crippen LogP contribution in [0.2, 0.25) is 0 Å². The Bertz CT molecular complexity index is 596. The van der Waals surface area contributed by atoms with Crippen LogP contribution < -0.4 is 10.5 Å². The lowest BCUT2D eigenvalue weighted by molar-refractivity contribution is 0.318. The van der Waals surface area contributed by atoms with Gasteiger partial charge in [-0.3, -0.25) is 0 Å². The van der Waals surface area contributed by atoms with Gasteiger partial charge in [0.2, 0.25) is 0 Å². The van der Waals surface area contributed by atoms with Gasteiger partial charge in [0.1, 0.15) is 18.2 Å². The first kappa shape index (κ1) is 18.9. The van der Waals surface area contributed by atoms with Crippen LogP contribution in [0.4, 0.5) is 4.39 Å². The minimum atomic E-state index is -3.25. The van der Waals surface area contributed by atoms with E-state index in [0.29, 0.717) is 10.6 Å². The van der Waals surface area contributed by atoms with Crippen molar-refractivity contribution >= 4 is 22.2 Å². The highest BCUT2D eigenvalue weighted by atomic mass is 35.5. The topological polar surface area (TPSA) is 69.4 Å². The zero-order valence-corrected chi connectivity index (χ0v) is 13.8. The average Bonchev–Trinajstić information content (AvgIpc) is 3.01. The highest BCUT2D eigenvalue weighted by molar-refractivity contribution is 7.92. The number of rotatable bonds is 6. The molecule has 0 amide bonds. The van der Waals surface area contributed by atoms with Gasteiger partial charge < -0.3 is 10.5 Å². The van der Waals surface area contributed by atoms with E-state index >= 15 is 0 Å². The van der Waals surface area contributed by atoms with Gasteiger partial charge >= 0.3 is 0 Å². The first-order valence-corrected chi connectivity index (χ1v) is 8.60. The van der Waals surface area contributed by atoms with E-state index in [-0.39, 0.29) is 30.8 Å². The minimum Gasteiger partial charge on any atom is -0.487 e. The van der Waals surface area contributed by atoms with Crippen LogP contribution in [0.25, 0.3) is 0 Å². The molecule has 0 heterocycles. The van der Waals surface area contributed by atoms with Crippen molar-refractivity contribution < 1.29 is 17.5 Å². The third-order valence-electron chi connectivity index (χ3n) is 3.61. The maximum atomic E-state index is 13.1. The Hall–Kier alpha value is -1.11. The number of benzene rings is 1. The molecule has 124 valence electrons. The lowest BCUT2D eigenvalue weighted by Gasteiger charge is -2.11. The van der Waals surface area contributed by atoms with Crippen molar-refractivity contribution in [1.29, 1.82) is 0 Å². The summed E-state index contributed by atoms with van der Waals surface area (Å²) in [4.78, 5) is 0.305. The van der Waals surface area contributed by atoms with E-state index in [1.165, 1.54) is 18.2 Å². The quantitative estimate of drug-likeness (QED) is 0.857. The summed E-state index contributed by atoms with van der Waals surface area (Å²) in [6.45, 7) is -0.0836. The number of nitrogens with two attached hydrogens (primary N) is 1. The molecule has 1 aliphatic carbocycles. The Morgan fingerprint density at radius 2 is 1.86 bits per heavy atom. The zero-order valence-electron chi connectivity index (χ0n) is 12.2. The van der Waals surface area contributed by atoms with Crippen LogP contribution >= 0.6 is 12.4 Å². The van der Waals surface area contributed by atoms with E-state index in [9.17, 15) is 12.8 Å². The van der Waals surface area contributed by atoms with E-state index in [0.717, 1.165) is 25.7 Å². The van der Waals surface area contributed by atoms with E-state index in [1.54, 1.807) is 12.1 Å². The molecule has 0 unspecified atom stereocenters. The summed E-state index contributed by atoms with van der Waals surface area (Å²) in [5, 5.41) is -0.269. The Labute approximate surface area is 136 Å². The van der Waals surface area contributed by atoms with Crippen molar-refractivity contribution in [1.82, 2.24) is 0 Å². The minimum absolute atomic E-state index is 0. The number of hydrogen-bond acceptors (Lipinski definition) is 4. The monoisotopic (exact) mass is 349 g/mol. The Morgan fingerprint density at radius 1 is 1.27 bits per heavy atom. The Morgan fingerprint density at radius 3 is 2.41 bits per heavy atom. The van der Waals surface area contributed by atoms with Gasteiger partial charge in [-0.25, -0.2) is 12.8 Å². The molecule has 0 aliphatic heterocycles. The molecule has 1 fully saturated rings. The van der Waals surface area contributed by atoms with Crippen molar-refractivity contribution in [3.05, 3.63) is 36.2 Å². The van der Waals surface area contributed by atoms with Gasteiger partial charge in [-0.1, -0.05) is 12.8 Å². The molecule has 2 rings (SSSR count). The van der Waals surface area contributed by atoms with Crippen LogP contribution in [0.5, 0.6) is 5.75 Å². The fourth-order valence-corrected chi connectivity index (χ4v) is 4.31. The molecule has 1 aromatic carbocycles. The Balaban J connectivity index is 0.00000242. The summed E-state index contributed by atoms with van der Waals surface area (Å²) in [6, 6.07) is 6.15. The Kier molecular flexibility index (Phi) is 7.32. The fourth-order valence-electron chi connectivity index (χ4n) is 2.46. The van der Waals surface area contributed by atoms with Gasteiger partial charge in [-0.2, -0.15) is 0 Å². The lowest BCUT2D eigenvalue weighted by atomic mass is 10.3. The maximum Gasteiger partial charge on any atom is 0.181 e. The van der Waals surface area contributed by atoms with Gasteiger partial charge in [0, 0.05) is 6.54 Å². The number of ether oxygens (including phenoxy) is 1. The molecule has 1 aliphatic rings. The van der Waals surface area contributed by atoms with Crippen LogP contribution in [0.15, 0.2) is 41.1 Å². The van der Waals surface area contributed by atoms with Crippen LogP contribution in [0.3, 0.4) is 0 Å². The molecule has 0 bridgehead atoms. The highest BCUT2D eigenvalue weighted by Crippen LogP contribution is 2.30. The molecule has 0 atom stereocenters. The second-order valence-corrected chi connectivity index (χ2v) is 7.33. The number of sulfone groups is 1. The number of hydrogen-bond donors (Lipinski definition) is 1. The standard InChI is InChI=1S/C15H20FNO3S.ClH/c16-12(9-10-17)11-20-13-5-7-15(8-6-13)21(18,19)14-3-1-2-4-14;/h5-9,14H,1-4,10-11,17H2;1H.